The van der Waals surface area contributed by atoms with Gasteiger partial charge in [-0.2, -0.15) is 0 Å². The van der Waals surface area contributed by atoms with Crippen LogP contribution in [0.15, 0.2) is 60.7 Å². The summed E-state index contributed by atoms with van der Waals surface area (Å²) >= 11 is 0. The Morgan fingerprint density at radius 1 is 0.895 bits per heavy atom. The van der Waals surface area contributed by atoms with Gasteiger partial charge in [0, 0.05) is 6.04 Å². The molecule has 0 aliphatic carbocycles. The second kappa shape index (κ2) is 7.75. The first-order valence-electron chi connectivity index (χ1n) is 7.22. The van der Waals surface area contributed by atoms with Crippen molar-refractivity contribution in [1.82, 2.24) is 5.32 Å². The Balaban J connectivity index is 1.87. The first-order chi connectivity index (χ1) is 9.40. The van der Waals surface area contributed by atoms with Gasteiger partial charge in [-0.15, -0.1) is 0 Å². The van der Waals surface area contributed by atoms with Crippen molar-refractivity contribution in [2.45, 2.75) is 32.2 Å². The van der Waals surface area contributed by atoms with Crippen LogP contribution in [-0.4, -0.2) is 6.54 Å². The molecule has 0 bridgehead atoms. The van der Waals surface area contributed by atoms with Crippen molar-refractivity contribution in [1.29, 1.82) is 0 Å². The van der Waals surface area contributed by atoms with Crippen LogP contribution in [0.5, 0.6) is 0 Å². The molecule has 2 aromatic carbocycles. The molecule has 2 aromatic rings. The molecule has 0 aliphatic rings. The highest BCUT2D eigenvalue weighted by Crippen LogP contribution is 2.17. The smallest absolute Gasteiger partial charge is 0.0320 e. The third-order valence-corrected chi connectivity index (χ3v) is 3.43. The molecule has 1 unspecified atom stereocenters. The third-order valence-electron chi connectivity index (χ3n) is 3.43. The maximum absolute atomic E-state index is 3.69. The summed E-state index contributed by atoms with van der Waals surface area (Å²) in [6, 6.07) is 21.9. The Bertz CT molecular complexity index is 450. The van der Waals surface area contributed by atoms with Crippen molar-refractivity contribution in [3.05, 3.63) is 71.8 Å². The largest absolute Gasteiger partial charge is 0.310 e. The number of benzene rings is 2. The van der Waals surface area contributed by atoms with Crippen LogP contribution < -0.4 is 5.32 Å². The van der Waals surface area contributed by atoms with Gasteiger partial charge in [-0.05, 0) is 30.5 Å². The van der Waals surface area contributed by atoms with E-state index in [1.165, 1.54) is 24.0 Å². The van der Waals surface area contributed by atoms with Gasteiger partial charge in [-0.25, -0.2) is 0 Å². The highest BCUT2D eigenvalue weighted by Gasteiger charge is 2.08. The fourth-order valence-corrected chi connectivity index (χ4v) is 2.40. The Labute approximate surface area is 116 Å². The van der Waals surface area contributed by atoms with Crippen LogP contribution in [-0.2, 0) is 6.42 Å². The molecular formula is C18H23N. The maximum Gasteiger partial charge on any atom is 0.0320 e. The molecule has 0 heterocycles. The Hall–Kier alpha value is -1.60. The van der Waals surface area contributed by atoms with Crippen LogP contribution in [0.2, 0.25) is 0 Å². The lowest BCUT2D eigenvalue weighted by Gasteiger charge is -2.18. The molecule has 0 saturated heterocycles. The number of hydrogen-bond donors (Lipinski definition) is 1. The van der Waals surface area contributed by atoms with E-state index in [1.54, 1.807) is 0 Å². The van der Waals surface area contributed by atoms with Crippen LogP contribution in [0.4, 0.5) is 0 Å². The lowest BCUT2D eigenvalue weighted by molar-refractivity contribution is 0.497. The normalized spacial score (nSPS) is 12.3. The van der Waals surface area contributed by atoms with E-state index in [4.69, 9.17) is 0 Å². The quantitative estimate of drug-likeness (QED) is 0.773. The van der Waals surface area contributed by atoms with Crippen LogP contribution >= 0.6 is 0 Å². The van der Waals surface area contributed by atoms with Gasteiger partial charge in [-0.1, -0.05) is 74.0 Å². The Morgan fingerprint density at radius 3 is 2.16 bits per heavy atom. The topological polar surface area (TPSA) is 12.0 Å². The number of nitrogens with one attached hydrogen (secondary N) is 1. The zero-order valence-electron chi connectivity index (χ0n) is 11.7. The highest BCUT2D eigenvalue weighted by atomic mass is 14.9. The van der Waals surface area contributed by atoms with Crippen molar-refractivity contribution < 1.29 is 0 Å². The number of hydrogen-bond acceptors (Lipinski definition) is 1. The first kappa shape index (κ1) is 13.8. The Kier molecular flexibility index (Phi) is 5.64. The van der Waals surface area contributed by atoms with Crippen LogP contribution in [0.25, 0.3) is 0 Å². The average Bonchev–Trinajstić information content (AvgIpc) is 2.48. The summed E-state index contributed by atoms with van der Waals surface area (Å²) < 4.78 is 0. The first-order valence-corrected chi connectivity index (χ1v) is 7.22. The predicted octanol–water partition coefficient (Wildman–Crippen LogP) is 4.36. The van der Waals surface area contributed by atoms with Gasteiger partial charge in [0.1, 0.15) is 0 Å². The van der Waals surface area contributed by atoms with Crippen molar-refractivity contribution in [3.8, 4) is 0 Å². The van der Waals surface area contributed by atoms with E-state index < -0.39 is 0 Å². The minimum absolute atomic E-state index is 0.481. The van der Waals surface area contributed by atoms with Crippen LogP contribution in [0, 0.1) is 0 Å². The molecule has 100 valence electrons. The summed E-state index contributed by atoms with van der Waals surface area (Å²) in [4.78, 5) is 0. The summed E-state index contributed by atoms with van der Waals surface area (Å²) in [7, 11) is 0. The zero-order chi connectivity index (χ0) is 13.3. The maximum atomic E-state index is 3.69. The average molecular weight is 253 g/mol. The van der Waals surface area contributed by atoms with E-state index in [2.05, 4.69) is 72.9 Å². The molecule has 0 spiro atoms. The van der Waals surface area contributed by atoms with Gasteiger partial charge >= 0.3 is 0 Å². The van der Waals surface area contributed by atoms with Gasteiger partial charge < -0.3 is 5.32 Å². The van der Waals surface area contributed by atoms with Crippen LogP contribution in [0.1, 0.15) is 36.9 Å². The number of rotatable bonds is 7. The van der Waals surface area contributed by atoms with E-state index in [0.717, 1.165) is 13.0 Å². The monoisotopic (exact) mass is 253 g/mol. The molecule has 2 rings (SSSR count). The molecular weight excluding hydrogens is 230 g/mol. The molecule has 0 aliphatic heterocycles. The third kappa shape index (κ3) is 4.53. The summed E-state index contributed by atoms with van der Waals surface area (Å²) in [6.45, 7) is 3.28. The summed E-state index contributed by atoms with van der Waals surface area (Å²) in [6.07, 6.45) is 3.49. The van der Waals surface area contributed by atoms with Crippen molar-refractivity contribution in [3.63, 3.8) is 0 Å². The van der Waals surface area contributed by atoms with E-state index in [1.807, 2.05) is 0 Å². The van der Waals surface area contributed by atoms with E-state index in [-0.39, 0.29) is 0 Å². The van der Waals surface area contributed by atoms with E-state index in [0.29, 0.717) is 6.04 Å². The van der Waals surface area contributed by atoms with E-state index >= 15 is 0 Å². The second-order valence-corrected chi connectivity index (χ2v) is 4.94. The van der Waals surface area contributed by atoms with Crippen molar-refractivity contribution in [2.24, 2.45) is 0 Å². The standard InChI is InChI=1S/C18H23N/c1-2-9-18(17-12-7-4-8-13-17)19-15-14-16-10-5-3-6-11-16/h3-8,10-13,18-19H,2,9,14-15H2,1H3. The molecule has 0 saturated carbocycles. The molecule has 1 atom stereocenters. The van der Waals surface area contributed by atoms with Crippen LogP contribution in [0.3, 0.4) is 0 Å². The lowest BCUT2D eigenvalue weighted by atomic mass is 10.0. The summed E-state index contributed by atoms with van der Waals surface area (Å²) in [5.41, 5.74) is 2.80. The van der Waals surface area contributed by atoms with Gasteiger partial charge in [0.25, 0.3) is 0 Å². The van der Waals surface area contributed by atoms with Gasteiger partial charge in [-0.3, -0.25) is 0 Å². The zero-order valence-corrected chi connectivity index (χ0v) is 11.7. The van der Waals surface area contributed by atoms with Crippen molar-refractivity contribution >= 4 is 0 Å². The van der Waals surface area contributed by atoms with E-state index in [9.17, 15) is 0 Å². The SMILES string of the molecule is CCCC(NCCc1ccccc1)c1ccccc1. The molecule has 0 amide bonds. The fourth-order valence-electron chi connectivity index (χ4n) is 2.40. The molecule has 19 heavy (non-hydrogen) atoms. The molecule has 1 N–H and O–H groups in total. The van der Waals surface area contributed by atoms with Crippen molar-refractivity contribution in [2.75, 3.05) is 6.54 Å². The second-order valence-electron chi connectivity index (χ2n) is 4.94. The molecule has 0 fully saturated rings. The predicted molar refractivity (Wildman–Crippen MR) is 82.2 cm³/mol. The molecule has 0 radical (unpaired) electrons. The lowest BCUT2D eigenvalue weighted by Crippen LogP contribution is -2.23. The molecule has 0 aromatic heterocycles. The summed E-state index contributed by atoms with van der Waals surface area (Å²) in [5, 5.41) is 3.69. The Morgan fingerprint density at radius 2 is 1.53 bits per heavy atom. The molecule has 1 heteroatoms. The summed E-state index contributed by atoms with van der Waals surface area (Å²) in [5.74, 6) is 0. The minimum atomic E-state index is 0.481. The van der Waals surface area contributed by atoms with Gasteiger partial charge in [0.15, 0.2) is 0 Å². The van der Waals surface area contributed by atoms with Gasteiger partial charge in [0.2, 0.25) is 0 Å². The molecule has 1 nitrogen and oxygen atoms in total. The highest BCUT2D eigenvalue weighted by molar-refractivity contribution is 5.19. The minimum Gasteiger partial charge on any atom is -0.310 e. The van der Waals surface area contributed by atoms with Gasteiger partial charge in [0.05, 0.1) is 0 Å². The fraction of sp³-hybridized carbons (Fsp3) is 0.333.